The Morgan fingerprint density at radius 2 is 1.80 bits per heavy atom. The zero-order chi connectivity index (χ0) is 14.5. The molecule has 0 radical (unpaired) electrons. The van der Waals surface area contributed by atoms with E-state index in [1.54, 1.807) is 13.0 Å². The Morgan fingerprint density at radius 1 is 1.00 bits per heavy atom. The molecule has 0 aliphatic heterocycles. The van der Waals surface area contributed by atoms with Crippen molar-refractivity contribution in [2.45, 2.75) is 33.7 Å². The normalized spacial score (nSPS) is 10.8. The van der Waals surface area contributed by atoms with E-state index in [0.29, 0.717) is 5.56 Å². The number of benzene rings is 2. The van der Waals surface area contributed by atoms with Gasteiger partial charge in [0.25, 0.3) is 0 Å². The molecular weight excluding hydrogens is 249 g/mol. The lowest BCUT2D eigenvalue weighted by Crippen LogP contribution is -2.13. The summed E-state index contributed by atoms with van der Waals surface area (Å²) < 4.78 is 13.3. The van der Waals surface area contributed by atoms with Crippen LogP contribution in [0.2, 0.25) is 0 Å². The molecule has 0 saturated carbocycles. The van der Waals surface area contributed by atoms with E-state index in [1.807, 2.05) is 12.1 Å². The molecule has 0 atom stereocenters. The molecule has 0 heterocycles. The molecule has 0 unspecified atom stereocenters. The molecule has 0 bridgehead atoms. The van der Waals surface area contributed by atoms with Gasteiger partial charge in [-0.25, -0.2) is 4.39 Å². The summed E-state index contributed by atoms with van der Waals surface area (Å²) in [5, 5.41) is 3.40. The van der Waals surface area contributed by atoms with Crippen molar-refractivity contribution in [2.75, 3.05) is 6.54 Å². The molecule has 0 aliphatic rings. The summed E-state index contributed by atoms with van der Waals surface area (Å²) in [6.45, 7) is 8.02. The van der Waals surface area contributed by atoms with E-state index in [1.165, 1.54) is 16.7 Å². The number of aryl methyl sites for hydroxylation is 2. The second-order valence-corrected chi connectivity index (χ2v) is 5.29. The van der Waals surface area contributed by atoms with Crippen LogP contribution < -0.4 is 5.32 Å². The van der Waals surface area contributed by atoms with Crippen molar-refractivity contribution in [3.63, 3.8) is 0 Å². The first kappa shape index (κ1) is 14.7. The van der Waals surface area contributed by atoms with Gasteiger partial charge in [0.1, 0.15) is 5.82 Å². The van der Waals surface area contributed by atoms with Crippen LogP contribution in [0.5, 0.6) is 0 Å². The Bertz CT molecular complexity index is 590. The second kappa shape index (κ2) is 6.67. The monoisotopic (exact) mass is 271 g/mol. The maximum Gasteiger partial charge on any atom is 0.126 e. The lowest BCUT2D eigenvalue weighted by molar-refractivity contribution is 0.619. The van der Waals surface area contributed by atoms with Crippen LogP contribution in [-0.4, -0.2) is 6.54 Å². The molecule has 2 rings (SSSR count). The minimum atomic E-state index is -0.146. The summed E-state index contributed by atoms with van der Waals surface area (Å²) in [4.78, 5) is 0. The topological polar surface area (TPSA) is 12.0 Å². The first-order valence-electron chi connectivity index (χ1n) is 7.18. The summed E-state index contributed by atoms with van der Waals surface area (Å²) in [5.74, 6) is -0.146. The molecule has 1 N–H and O–H groups in total. The first-order chi connectivity index (χ1) is 9.61. The molecule has 0 aromatic heterocycles. The molecule has 0 spiro atoms. The highest BCUT2D eigenvalue weighted by atomic mass is 19.1. The van der Waals surface area contributed by atoms with E-state index in [9.17, 15) is 4.39 Å². The van der Waals surface area contributed by atoms with Gasteiger partial charge in [-0.1, -0.05) is 31.2 Å². The van der Waals surface area contributed by atoms with Crippen molar-refractivity contribution in [1.29, 1.82) is 0 Å². The molecular formula is C18H22FN. The minimum Gasteiger partial charge on any atom is -0.313 e. The summed E-state index contributed by atoms with van der Waals surface area (Å²) in [6, 6.07) is 11.8. The van der Waals surface area contributed by atoms with Gasteiger partial charge < -0.3 is 5.32 Å². The Morgan fingerprint density at radius 3 is 2.45 bits per heavy atom. The van der Waals surface area contributed by atoms with E-state index in [-0.39, 0.29) is 5.82 Å². The predicted molar refractivity (Wildman–Crippen MR) is 83.3 cm³/mol. The summed E-state index contributed by atoms with van der Waals surface area (Å²) in [6.07, 6.45) is 1.14. The average Bonchev–Trinajstić information content (AvgIpc) is 2.43. The van der Waals surface area contributed by atoms with Crippen molar-refractivity contribution >= 4 is 0 Å². The van der Waals surface area contributed by atoms with Gasteiger partial charge in [-0.3, -0.25) is 0 Å². The van der Waals surface area contributed by atoms with Crippen molar-refractivity contribution < 1.29 is 4.39 Å². The third-order valence-corrected chi connectivity index (χ3v) is 3.52. The fourth-order valence-corrected chi connectivity index (χ4v) is 2.38. The molecule has 1 nitrogen and oxygen atoms in total. The molecule has 0 saturated heterocycles. The van der Waals surface area contributed by atoms with E-state index in [4.69, 9.17) is 0 Å². The van der Waals surface area contributed by atoms with Gasteiger partial charge in [-0.2, -0.15) is 0 Å². The maximum atomic E-state index is 13.3. The highest BCUT2D eigenvalue weighted by molar-refractivity contribution is 5.68. The Kier molecular flexibility index (Phi) is 4.91. The van der Waals surface area contributed by atoms with Crippen LogP contribution in [0.4, 0.5) is 4.39 Å². The summed E-state index contributed by atoms with van der Waals surface area (Å²) in [7, 11) is 0. The van der Waals surface area contributed by atoms with Crippen molar-refractivity contribution in [1.82, 2.24) is 5.32 Å². The molecule has 106 valence electrons. The van der Waals surface area contributed by atoms with Crippen molar-refractivity contribution in [3.8, 4) is 11.1 Å². The Balaban J connectivity index is 2.22. The van der Waals surface area contributed by atoms with Gasteiger partial charge in [0.2, 0.25) is 0 Å². The van der Waals surface area contributed by atoms with Crippen LogP contribution in [0.15, 0.2) is 36.4 Å². The number of nitrogens with one attached hydrogen (secondary N) is 1. The van der Waals surface area contributed by atoms with E-state index < -0.39 is 0 Å². The van der Waals surface area contributed by atoms with Gasteiger partial charge in [0.15, 0.2) is 0 Å². The molecule has 2 heteroatoms. The molecule has 0 aliphatic carbocycles. The van der Waals surface area contributed by atoms with Gasteiger partial charge in [0, 0.05) is 6.54 Å². The predicted octanol–water partition coefficient (Wildman–Crippen LogP) is 4.61. The molecule has 2 aromatic rings. The zero-order valence-corrected chi connectivity index (χ0v) is 12.5. The second-order valence-electron chi connectivity index (χ2n) is 5.29. The van der Waals surface area contributed by atoms with Gasteiger partial charge in [-0.15, -0.1) is 0 Å². The SMILES string of the molecule is CCCNCc1ccc(-c2ccc(F)c(C)c2)c(C)c1. The third kappa shape index (κ3) is 3.45. The van der Waals surface area contributed by atoms with Crippen LogP contribution in [0.25, 0.3) is 11.1 Å². The molecule has 0 amide bonds. The smallest absolute Gasteiger partial charge is 0.126 e. The minimum absolute atomic E-state index is 0.146. The Labute approximate surface area is 120 Å². The fourth-order valence-electron chi connectivity index (χ4n) is 2.38. The zero-order valence-electron chi connectivity index (χ0n) is 12.5. The van der Waals surface area contributed by atoms with Gasteiger partial charge in [0.05, 0.1) is 0 Å². The van der Waals surface area contributed by atoms with Crippen LogP contribution >= 0.6 is 0 Å². The summed E-state index contributed by atoms with van der Waals surface area (Å²) in [5.41, 5.74) is 5.46. The maximum absolute atomic E-state index is 13.3. The first-order valence-corrected chi connectivity index (χ1v) is 7.18. The standard InChI is InChI=1S/C18H22FN/c1-4-9-20-12-15-5-7-17(13(2)10-15)16-6-8-18(19)14(3)11-16/h5-8,10-11,20H,4,9,12H2,1-3H3. The number of halogens is 1. The van der Waals surface area contributed by atoms with Crippen LogP contribution in [0, 0.1) is 19.7 Å². The molecule has 0 fully saturated rings. The lowest BCUT2D eigenvalue weighted by Gasteiger charge is -2.10. The quantitative estimate of drug-likeness (QED) is 0.783. The largest absolute Gasteiger partial charge is 0.313 e. The van der Waals surface area contributed by atoms with Crippen molar-refractivity contribution in [2.24, 2.45) is 0 Å². The van der Waals surface area contributed by atoms with Gasteiger partial charge in [-0.05, 0) is 66.8 Å². The van der Waals surface area contributed by atoms with E-state index in [0.717, 1.165) is 25.1 Å². The highest BCUT2D eigenvalue weighted by Gasteiger charge is 2.05. The van der Waals surface area contributed by atoms with Crippen LogP contribution in [0.1, 0.15) is 30.0 Å². The average molecular weight is 271 g/mol. The lowest BCUT2D eigenvalue weighted by atomic mass is 9.97. The van der Waals surface area contributed by atoms with E-state index in [2.05, 4.69) is 37.4 Å². The number of hydrogen-bond acceptors (Lipinski definition) is 1. The van der Waals surface area contributed by atoms with Gasteiger partial charge >= 0.3 is 0 Å². The number of hydrogen-bond donors (Lipinski definition) is 1. The molecule has 20 heavy (non-hydrogen) atoms. The fraction of sp³-hybridized carbons (Fsp3) is 0.333. The van der Waals surface area contributed by atoms with Crippen LogP contribution in [-0.2, 0) is 6.54 Å². The molecule has 2 aromatic carbocycles. The Hall–Kier alpha value is -1.67. The highest BCUT2D eigenvalue weighted by Crippen LogP contribution is 2.26. The van der Waals surface area contributed by atoms with Crippen molar-refractivity contribution in [3.05, 3.63) is 58.9 Å². The summed E-state index contributed by atoms with van der Waals surface area (Å²) >= 11 is 0. The van der Waals surface area contributed by atoms with E-state index >= 15 is 0 Å². The number of rotatable bonds is 5. The van der Waals surface area contributed by atoms with Crippen LogP contribution in [0.3, 0.4) is 0 Å². The third-order valence-electron chi connectivity index (χ3n) is 3.52.